The topological polar surface area (TPSA) is 41.6 Å². The third-order valence-electron chi connectivity index (χ3n) is 2.38. The van der Waals surface area contributed by atoms with Gasteiger partial charge >= 0.3 is 0 Å². The molecular formula is C12H11N3S3. The molecule has 3 aromatic heterocycles. The average molecular weight is 293 g/mol. The van der Waals surface area contributed by atoms with Crippen LogP contribution in [0.5, 0.6) is 0 Å². The summed E-state index contributed by atoms with van der Waals surface area (Å²) >= 11 is 5.14. The lowest BCUT2D eigenvalue weighted by atomic mass is 10.3. The molecule has 0 atom stereocenters. The van der Waals surface area contributed by atoms with E-state index in [1.807, 2.05) is 0 Å². The number of aromatic amines is 1. The zero-order valence-corrected chi connectivity index (χ0v) is 11.9. The van der Waals surface area contributed by atoms with Crippen LogP contribution < -0.4 is 0 Å². The van der Waals surface area contributed by atoms with E-state index in [9.17, 15) is 0 Å². The van der Waals surface area contributed by atoms with Gasteiger partial charge in [-0.15, -0.1) is 16.4 Å². The SMILES string of the molecule is c1csc(Cc2nc(SCc3ccsc3)n[nH]2)c1. The van der Waals surface area contributed by atoms with E-state index in [-0.39, 0.29) is 0 Å². The van der Waals surface area contributed by atoms with E-state index >= 15 is 0 Å². The molecular weight excluding hydrogens is 282 g/mol. The van der Waals surface area contributed by atoms with Crippen molar-refractivity contribution in [2.75, 3.05) is 0 Å². The second-order valence-electron chi connectivity index (χ2n) is 3.74. The van der Waals surface area contributed by atoms with Crippen molar-refractivity contribution in [3.05, 3.63) is 50.6 Å². The Morgan fingerprint density at radius 1 is 1.28 bits per heavy atom. The Balaban J connectivity index is 1.59. The number of thiophene rings is 2. The molecule has 6 heteroatoms. The number of H-pyrrole nitrogens is 1. The van der Waals surface area contributed by atoms with Gasteiger partial charge in [0, 0.05) is 17.1 Å². The fraction of sp³-hybridized carbons (Fsp3) is 0.167. The molecule has 3 nitrogen and oxygen atoms in total. The van der Waals surface area contributed by atoms with Gasteiger partial charge in [-0.05, 0) is 33.8 Å². The maximum Gasteiger partial charge on any atom is 0.208 e. The van der Waals surface area contributed by atoms with E-state index in [2.05, 4.69) is 49.5 Å². The fourth-order valence-corrected chi connectivity index (χ4v) is 3.77. The van der Waals surface area contributed by atoms with Gasteiger partial charge < -0.3 is 0 Å². The van der Waals surface area contributed by atoms with Gasteiger partial charge in [-0.2, -0.15) is 11.3 Å². The number of aromatic nitrogens is 3. The molecule has 18 heavy (non-hydrogen) atoms. The monoisotopic (exact) mass is 293 g/mol. The number of thioether (sulfide) groups is 1. The van der Waals surface area contributed by atoms with E-state index in [0.29, 0.717) is 0 Å². The first-order chi connectivity index (χ1) is 8.90. The quantitative estimate of drug-likeness (QED) is 0.727. The molecule has 3 rings (SSSR count). The first kappa shape index (κ1) is 12.0. The number of hydrogen-bond acceptors (Lipinski definition) is 5. The fourth-order valence-electron chi connectivity index (χ4n) is 1.52. The predicted octanol–water partition coefficient (Wildman–Crippen LogP) is 3.81. The molecule has 0 aliphatic carbocycles. The Morgan fingerprint density at radius 2 is 2.28 bits per heavy atom. The first-order valence-corrected chi connectivity index (χ1v) is 8.28. The highest BCUT2D eigenvalue weighted by Gasteiger charge is 2.05. The van der Waals surface area contributed by atoms with Crippen molar-refractivity contribution in [1.82, 2.24) is 15.2 Å². The second kappa shape index (κ2) is 5.69. The van der Waals surface area contributed by atoms with Gasteiger partial charge in [0.05, 0.1) is 0 Å². The maximum absolute atomic E-state index is 4.49. The van der Waals surface area contributed by atoms with Crippen molar-refractivity contribution in [1.29, 1.82) is 0 Å². The van der Waals surface area contributed by atoms with Crippen LogP contribution in [0.3, 0.4) is 0 Å². The zero-order chi connectivity index (χ0) is 12.2. The van der Waals surface area contributed by atoms with E-state index in [4.69, 9.17) is 0 Å². The normalized spacial score (nSPS) is 10.9. The summed E-state index contributed by atoms with van der Waals surface area (Å²) in [5.41, 5.74) is 1.33. The molecule has 0 amide bonds. The molecule has 0 bridgehead atoms. The first-order valence-electron chi connectivity index (χ1n) is 5.48. The minimum atomic E-state index is 0.827. The summed E-state index contributed by atoms with van der Waals surface area (Å²) in [5.74, 6) is 1.87. The summed E-state index contributed by atoms with van der Waals surface area (Å²) in [6, 6.07) is 6.31. The zero-order valence-electron chi connectivity index (χ0n) is 9.50. The molecule has 0 fully saturated rings. The minimum Gasteiger partial charge on any atom is -0.262 e. The molecule has 92 valence electrons. The Kier molecular flexibility index (Phi) is 3.78. The number of rotatable bonds is 5. The van der Waals surface area contributed by atoms with Gasteiger partial charge in [0.25, 0.3) is 0 Å². The van der Waals surface area contributed by atoms with Gasteiger partial charge in [-0.25, -0.2) is 4.98 Å². The van der Waals surface area contributed by atoms with Gasteiger partial charge in [0.15, 0.2) is 0 Å². The van der Waals surface area contributed by atoms with Crippen molar-refractivity contribution >= 4 is 34.4 Å². The van der Waals surface area contributed by atoms with Crippen LogP contribution >= 0.6 is 34.4 Å². The third-order valence-corrected chi connectivity index (χ3v) is 4.91. The molecule has 0 radical (unpaired) electrons. The van der Waals surface area contributed by atoms with Crippen LogP contribution in [0.15, 0.2) is 39.5 Å². The minimum absolute atomic E-state index is 0.827. The average Bonchev–Trinajstić information content (AvgIpc) is 3.09. The van der Waals surface area contributed by atoms with Crippen molar-refractivity contribution in [2.24, 2.45) is 0 Å². The summed E-state index contributed by atoms with van der Waals surface area (Å²) in [7, 11) is 0. The second-order valence-corrected chi connectivity index (χ2v) is 6.50. The van der Waals surface area contributed by atoms with Crippen molar-refractivity contribution in [3.63, 3.8) is 0 Å². The highest BCUT2D eigenvalue weighted by Crippen LogP contribution is 2.21. The summed E-state index contributed by atoms with van der Waals surface area (Å²) in [4.78, 5) is 5.80. The Bertz CT molecular complexity index is 584. The van der Waals surface area contributed by atoms with Crippen LogP contribution in [-0.2, 0) is 12.2 Å². The van der Waals surface area contributed by atoms with Crippen LogP contribution in [0.4, 0.5) is 0 Å². The Morgan fingerprint density at radius 3 is 3.06 bits per heavy atom. The van der Waals surface area contributed by atoms with Crippen molar-refractivity contribution < 1.29 is 0 Å². The largest absolute Gasteiger partial charge is 0.262 e. The standard InChI is InChI=1S/C12H11N3S3/c1-2-10(17-4-1)6-11-13-12(15-14-11)18-8-9-3-5-16-7-9/h1-5,7H,6,8H2,(H,13,14,15). The molecule has 3 aromatic rings. The molecule has 0 spiro atoms. The lowest BCUT2D eigenvalue weighted by Gasteiger charge is -1.92. The number of nitrogens with zero attached hydrogens (tertiary/aromatic N) is 2. The van der Waals surface area contributed by atoms with Crippen molar-refractivity contribution in [2.45, 2.75) is 17.3 Å². The van der Waals surface area contributed by atoms with E-state index < -0.39 is 0 Å². The summed E-state index contributed by atoms with van der Waals surface area (Å²) in [6.45, 7) is 0. The van der Waals surface area contributed by atoms with Gasteiger partial charge in [-0.1, -0.05) is 17.8 Å². The molecule has 0 saturated heterocycles. The van der Waals surface area contributed by atoms with Gasteiger partial charge in [0.1, 0.15) is 5.82 Å². The summed E-state index contributed by atoms with van der Waals surface area (Å²) < 4.78 is 0. The predicted molar refractivity (Wildman–Crippen MR) is 77.4 cm³/mol. The lowest BCUT2D eigenvalue weighted by Crippen LogP contribution is -1.87. The molecule has 0 aliphatic heterocycles. The van der Waals surface area contributed by atoms with Crippen LogP contribution in [0.2, 0.25) is 0 Å². The molecule has 3 heterocycles. The van der Waals surface area contributed by atoms with Gasteiger partial charge in [-0.3, -0.25) is 5.10 Å². The van der Waals surface area contributed by atoms with Crippen LogP contribution in [0, 0.1) is 0 Å². The van der Waals surface area contributed by atoms with Crippen molar-refractivity contribution in [3.8, 4) is 0 Å². The Labute approximate surface area is 117 Å². The smallest absolute Gasteiger partial charge is 0.208 e. The highest BCUT2D eigenvalue weighted by atomic mass is 32.2. The van der Waals surface area contributed by atoms with E-state index in [0.717, 1.165) is 23.2 Å². The van der Waals surface area contributed by atoms with E-state index in [1.54, 1.807) is 34.4 Å². The van der Waals surface area contributed by atoms with E-state index in [1.165, 1.54) is 10.4 Å². The van der Waals surface area contributed by atoms with Crippen LogP contribution in [0.25, 0.3) is 0 Å². The molecule has 0 saturated carbocycles. The number of hydrogen-bond donors (Lipinski definition) is 1. The Hall–Kier alpha value is -1.11. The maximum atomic E-state index is 4.49. The van der Waals surface area contributed by atoms with Gasteiger partial charge in [0.2, 0.25) is 5.16 Å². The summed E-state index contributed by atoms with van der Waals surface area (Å²) in [6.07, 6.45) is 0.837. The molecule has 0 unspecified atom stereocenters. The summed E-state index contributed by atoms with van der Waals surface area (Å²) in [5, 5.41) is 14.4. The van der Waals surface area contributed by atoms with Crippen LogP contribution in [0.1, 0.15) is 16.3 Å². The van der Waals surface area contributed by atoms with Crippen LogP contribution in [-0.4, -0.2) is 15.2 Å². The third kappa shape index (κ3) is 3.01. The molecule has 0 aliphatic rings. The highest BCUT2D eigenvalue weighted by molar-refractivity contribution is 7.98. The lowest BCUT2D eigenvalue weighted by molar-refractivity contribution is 0.960. The number of nitrogens with one attached hydrogen (secondary N) is 1. The molecule has 1 N–H and O–H groups in total. The molecule has 0 aromatic carbocycles.